The summed E-state index contributed by atoms with van der Waals surface area (Å²) in [5, 5.41) is 65.3. The number of amides is 1. The number of aliphatic hydroxyl groups is 6. The molecule has 2 bridgehead atoms. The highest BCUT2D eigenvalue weighted by atomic mass is 16.6. The fraction of sp³-hybridized carbons (Fsp3) is 0.729. The van der Waals surface area contributed by atoms with Gasteiger partial charge in [-0.1, -0.05) is 71.1 Å². The molecule has 1 aliphatic carbocycles. The predicted octanol–water partition coefficient (Wildman–Crippen LogP) is 4.22. The number of piperidine rings is 1. The fourth-order valence-electron chi connectivity index (χ4n) is 9.39. The molecule has 0 radical (unpaired) electrons. The zero-order chi connectivity index (χ0) is 46.1. The lowest BCUT2D eigenvalue weighted by Gasteiger charge is -2.42. The Balaban J connectivity index is 1.67. The summed E-state index contributed by atoms with van der Waals surface area (Å²) in [5.74, 6) is -9.20. The van der Waals surface area contributed by atoms with Gasteiger partial charge in [-0.25, -0.2) is 4.79 Å². The number of aliphatic hydroxyl groups excluding tert-OH is 5. The maximum absolute atomic E-state index is 14.2. The first kappa shape index (κ1) is 51.3. The second kappa shape index (κ2) is 23.0. The van der Waals surface area contributed by atoms with Gasteiger partial charge >= 0.3 is 5.97 Å². The van der Waals surface area contributed by atoms with Gasteiger partial charge in [-0.2, -0.15) is 0 Å². The quantitative estimate of drug-likeness (QED) is 0.133. The van der Waals surface area contributed by atoms with Gasteiger partial charge in [0, 0.05) is 37.1 Å². The van der Waals surface area contributed by atoms with E-state index in [1.54, 1.807) is 45.9 Å². The molecule has 14 heteroatoms. The molecule has 3 fully saturated rings. The summed E-state index contributed by atoms with van der Waals surface area (Å²) >= 11 is 0. The van der Waals surface area contributed by atoms with Gasteiger partial charge in [0.15, 0.2) is 5.78 Å². The summed E-state index contributed by atoms with van der Waals surface area (Å²) in [7, 11) is 0. The number of ketones is 3. The highest BCUT2D eigenvalue weighted by Crippen LogP contribution is 2.37. The first-order valence-corrected chi connectivity index (χ1v) is 22.8. The largest absolute Gasteiger partial charge is 0.460 e. The van der Waals surface area contributed by atoms with Crippen LogP contribution in [0, 0.1) is 35.5 Å². The monoisotopic (exact) mass is 872 g/mol. The van der Waals surface area contributed by atoms with Crippen LogP contribution < -0.4 is 0 Å². The lowest BCUT2D eigenvalue weighted by Crippen LogP contribution is -2.61. The van der Waals surface area contributed by atoms with E-state index in [-0.39, 0.29) is 49.0 Å². The van der Waals surface area contributed by atoms with E-state index in [4.69, 9.17) is 9.47 Å². The Hall–Kier alpha value is -3.37. The van der Waals surface area contributed by atoms with E-state index in [1.165, 1.54) is 13.0 Å². The zero-order valence-electron chi connectivity index (χ0n) is 37.7. The van der Waals surface area contributed by atoms with Crippen molar-refractivity contribution in [2.75, 3.05) is 6.54 Å². The van der Waals surface area contributed by atoms with Crippen LogP contribution in [0.3, 0.4) is 0 Å². The number of carbonyl (C=O) groups excluding carboxylic acids is 5. The third-order valence-corrected chi connectivity index (χ3v) is 13.7. The van der Waals surface area contributed by atoms with Gasteiger partial charge < -0.3 is 45.0 Å². The normalized spacial score (nSPS) is 41.8. The predicted molar refractivity (Wildman–Crippen MR) is 231 cm³/mol. The molecule has 4 rings (SSSR count). The summed E-state index contributed by atoms with van der Waals surface area (Å²) in [5.41, 5.74) is 0.820. The third kappa shape index (κ3) is 13.3. The van der Waals surface area contributed by atoms with Crippen molar-refractivity contribution in [3.05, 3.63) is 47.6 Å². The van der Waals surface area contributed by atoms with Crippen LogP contribution in [-0.2, 0) is 33.4 Å². The van der Waals surface area contributed by atoms with Gasteiger partial charge in [0.2, 0.25) is 5.79 Å². The summed E-state index contributed by atoms with van der Waals surface area (Å²) in [6.07, 6.45) is 6.61. The van der Waals surface area contributed by atoms with Crippen molar-refractivity contribution in [1.29, 1.82) is 0 Å². The highest BCUT2D eigenvalue weighted by molar-refractivity contribution is 6.39. The molecule has 1 unspecified atom stereocenters. The Labute approximate surface area is 367 Å². The van der Waals surface area contributed by atoms with Crippen LogP contribution in [0.5, 0.6) is 0 Å². The van der Waals surface area contributed by atoms with Crippen LogP contribution in [0.1, 0.15) is 126 Å². The Bertz CT molecular complexity index is 1700. The van der Waals surface area contributed by atoms with Crippen molar-refractivity contribution in [2.24, 2.45) is 35.5 Å². The fourth-order valence-corrected chi connectivity index (χ4v) is 9.39. The zero-order valence-corrected chi connectivity index (χ0v) is 37.7. The Morgan fingerprint density at radius 1 is 0.806 bits per heavy atom. The SMILES string of the molecule is C/C1=C\[C@@H](C)C(=O)C[C@@H]([C@H](C)CC2CC[C@H](O)[C@@H](O)C2)OC(=O)[C@@H]2CCCCN2C(=O)C(=O)[C@]2(O)O[C@@H](CC[C@H]2C)C[C@H](O)/C(C)=C/C=C/C=C\[C@@H](C)C[C@@H](C)C(=O)[C@H](O)[C@@H]1O. The smallest absolute Gasteiger partial charge is 0.329 e. The molecule has 348 valence electrons. The summed E-state index contributed by atoms with van der Waals surface area (Å²) in [6, 6.07) is -1.19. The maximum atomic E-state index is 14.2. The molecule has 4 aliphatic rings. The molecule has 62 heavy (non-hydrogen) atoms. The molecule has 0 aromatic rings. The molecule has 14 nitrogen and oxygen atoms in total. The molecule has 1 amide bonds. The molecule has 2 saturated heterocycles. The van der Waals surface area contributed by atoms with Crippen molar-refractivity contribution >= 4 is 29.2 Å². The van der Waals surface area contributed by atoms with Gasteiger partial charge in [-0.3, -0.25) is 19.2 Å². The molecule has 3 heterocycles. The summed E-state index contributed by atoms with van der Waals surface area (Å²) in [6.45, 7) is 12.0. The lowest BCUT2D eigenvalue weighted by atomic mass is 9.78. The molecular formula is C48H73NO13. The number of ether oxygens (including phenoxy) is 2. The number of esters is 1. The van der Waals surface area contributed by atoms with Crippen LogP contribution in [-0.4, -0.2) is 126 Å². The van der Waals surface area contributed by atoms with E-state index < -0.39 is 102 Å². The average Bonchev–Trinajstić information content (AvgIpc) is 3.23. The van der Waals surface area contributed by atoms with Gasteiger partial charge in [0.25, 0.3) is 11.7 Å². The topological polar surface area (TPSA) is 228 Å². The molecule has 3 aliphatic heterocycles. The first-order valence-electron chi connectivity index (χ1n) is 22.8. The molecule has 1 saturated carbocycles. The minimum atomic E-state index is -2.50. The van der Waals surface area contributed by atoms with Crippen molar-refractivity contribution in [2.45, 2.75) is 180 Å². The minimum absolute atomic E-state index is 0.0349. The van der Waals surface area contributed by atoms with E-state index in [2.05, 4.69) is 0 Å². The number of hydrogen-bond donors (Lipinski definition) is 6. The van der Waals surface area contributed by atoms with Gasteiger partial charge in [-0.05, 0) is 107 Å². The Kier molecular flexibility index (Phi) is 19.0. The Morgan fingerprint density at radius 2 is 1.52 bits per heavy atom. The van der Waals surface area contributed by atoms with Crippen LogP contribution in [0.2, 0.25) is 0 Å². The molecular weight excluding hydrogens is 799 g/mol. The van der Waals surface area contributed by atoms with Crippen molar-refractivity contribution < 1.29 is 64.1 Å². The number of nitrogens with zero attached hydrogens (tertiary/aromatic N) is 1. The first-order chi connectivity index (χ1) is 29.1. The van der Waals surface area contributed by atoms with E-state index >= 15 is 0 Å². The second-order valence-corrected chi connectivity index (χ2v) is 19.0. The van der Waals surface area contributed by atoms with Crippen molar-refractivity contribution in [3.8, 4) is 0 Å². The van der Waals surface area contributed by atoms with E-state index in [0.29, 0.717) is 63.4 Å². The number of fused-ring (bicyclic) bond motifs is 3. The molecule has 0 spiro atoms. The van der Waals surface area contributed by atoms with Gasteiger partial charge in [0.05, 0.1) is 24.4 Å². The summed E-state index contributed by atoms with van der Waals surface area (Å²) in [4.78, 5) is 70.6. The minimum Gasteiger partial charge on any atom is -0.460 e. The number of hydrogen-bond acceptors (Lipinski definition) is 13. The average molecular weight is 872 g/mol. The van der Waals surface area contributed by atoms with E-state index in [0.717, 1.165) is 4.90 Å². The van der Waals surface area contributed by atoms with Crippen LogP contribution in [0.25, 0.3) is 0 Å². The molecule has 15 atom stereocenters. The number of allylic oxidation sites excluding steroid dienone is 6. The molecule has 0 aromatic heterocycles. The second-order valence-electron chi connectivity index (χ2n) is 19.0. The van der Waals surface area contributed by atoms with Crippen molar-refractivity contribution in [1.82, 2.24) is 4.90 Å². The van der Waals surface area contributed by atoms with Gasteiger partial charge in [0.1, 0.15) is 30.1 Å². The van der Waals surface area contributed by atoms with Crippen LogP contribution >= 0.6 is 0 Å². The van der Waals surface area contributed by atoms with E-state index in [1.807, 2.05) is 26.0 Å². The van der Waals surface area contributed by atoms with E-state index in [9.17, 15) is 54.6 Å². The third-order valence-electron chi connectivity index (χ3n) is 13.7. The molecule has 0 aromatic carbocycles. The van der Waals surface area contributed by atoms with Gasteiger partial charge in [-0.15, -0.1) is 0 Å². The lowest BCUT2D eigenvalue weighted by molar-refractivity contribution is -0.265. The highest BCUT2D eigenvalue weighted by Gasteiger charge is 2.53. The number of carbonyl (C=O) groups is 5. The molecule has 6 N–H and O–H groups in total. The Morgan fingerprint density at radius 3 is 2.21 bits per heavy atom. The standard InChI is InChI=1S/C48H73NO13/c1-27-13-9-8-10-14-28(2)38(51)25-35-18-16-33(7)48(60,62-35)45(57)46(58)49-20-12-11-15-36(49)47(59)61-41(30(4)23-34-17-19-37(50)40(53)24-34)26-39(52)29(3)22-32(6)43(55)44(56)42(54)31(5)21-27/h8-10,13-14,22,27,29-31,33-38,40-41,43-44,50-51,53,55-56,60H,11-12,15-21,23-26H2,1-7H3/b10-8+,13-9-,28-14+,32-22+/t27-,29-,30-,31-,33-,34?,35+,36+,37+,38+,40+,41+,43-,44+,48-/m1/s1. The van der Waals surface area contributed by atoms with Crippen LogP contribution in [0.4, 0.5) is 0 Å². The maximum Gasteiger partial charge on any atom is 0.329 e. The number of Topliss-reactive ketones (excluding diaryl/α,β-unsaturated/α-hetero) is 3. The summed E-state index contributed by atoms with van der Waals surface area (Å²) < 4.78 is 12.1. The number of rotatable bonds is 3. The number of cyclic esters (lactones) is 1. The van der Waals surface area contributed by atoms with Crippen molar-refractivity contribution in [3.63, 3.8) is 0 Å². The van der Waals surface area contributed by atoms with Crippen LogP contribution in [0.15, 0.2) is 47.6 Å².